The topological polar surface area (TPSA) is 43.4 Å². The van der Waals surface area contributed by atoms with Crippen molar-refractivity contribution in [2.75, 3.05) is 12.9 Å². The summed E-state index contributed by atoms with van der Waals surface area (Å²) in [7, 11) is -1.04. The van der Waals surface area contributed by atoms with Crippen LogP contribution < -0.4 is 0 Å². The molecule has 0 radical (unpaired) electrons. The van der Waals surface area contributed by atoms with E-state index in [2.05, 4.69) is 12.5 Å². The number of carbonyl (C=O) groups excluding carboxylic acids is 1. The molecule has 0 bridgehead atoms. The normalized spacial score (nSPS) is 14.3. The van der Waals surface area contributed by atoms with E-state index in [0.717, 1.165) is 28.0 Å². The van der Waals surface area contributed by atoms with Crippen LogP contribution in [0.25, 0.3) is 5.57 Å². The van der Waals surface area contributed by atoms with Gasteiger partial charge in [-0.3, -0.25) is 9.00 Å². The maximum absolute atomic E-state index is 11.6. The number of ether oxygens (including phenoxy) is 1. The van der Waals surface area contributed by atoms with Gasteiger partial charge in [0.1, 0.15) is 6.61 Å². The van der Waals surface area contributed by atoms with Crippen LogP contribution in [0.3, 0.4) is 0 Å². The lowest BCUT2D eigenvalue weighted by molar-refractivity contribution is -0.139. The molecule has 1 aromatic carbocycles. The molecule has 3 nitrogen and oxygen atoms in total. The van der Waals surface area contributed by atoms with Gasteiger partial charge in [-0.2, -0.15) is 0 Å². The molecule has 1 rings (SSSR count). The summed E-state index contributed by atoms with van der Waals surface area (Å²) in [6.45, 7) is 7.14. The molecule has 2 atom stereocenters. The van der Waals surface area contributed by atoms with E-state index in [9.17, 15) is 9.00 Å². The Kier molecular flexibility index (Phi) is 8.66. The van der Waals surface area contributed by atoms with Crippen LogP contribution in [0.4, 0.5) is 0 Å². The van der Waals surface area contributed by atoms with Crippen molar-refractivity contribution in [2.24, 2.45) is 5.92 Å². The second kappa shape index (κ2) is 10.5. The molecule has 0 saturated carbocycles. The Labute approximate surface area is 152 Å². The van der Waals surface area contributed by atoms with Gasteiger partial charge in [-0.05, 0) is 42.2 Å². The fourth-order valence-electron chi connectivity index (χ4n) is 2.27. The number of esters is 1. The minimum Gasteiger partial charge on any atom is -0.461 e. The van der Waals surface area contributed by atoms with Crippen LogP contribution in [0.1, 0.15) is 25.8 Å². The maximum atomic E-state index is 11.6. The third-order valence-electron chi connectivity index (χ3n) is 3.71. The molecule has 2 unspecified atom stereocenters. The molecule has 0 aliphatic rings. The van der Waals surface area contributed by atoms with Gasteiger partial charge in [0, 0.05) is 28.9 Å². The van der Waals surface area contributed by atoms with Crippen molar-refractivity contribution in [1.82, 2.24) is 0 Å². The molecule has 0 aliphatic heterocycles. The highest BCUT2D eigenvalue weighted by Crippen LogP contribution is 2.26. The van der Waals surface area contributed by atoms with E-state index < -0.39 is 10.8 Å². The SMILES string of the molecule is C#CC(/C=C\CC=C)/C(C)=C(/COC(C)=O)c1ccc(S(C)=O)cc1. The van der Waals surface area contributed by atoms with Crippen molar-refractivity contribution in [1.29, 1.82) is 0 Å². The molecule has 25 heavy (non-hydrogen) atoms. The minimum absolute atomic E-state index is 0.142. The highest BCUT2D eigenvalue weighted by Gasteiger charge is 2.14. The number of allylic oxidation sites excluding steroid dienone is 4. The Morgan fingerprint density at radius 3 is 2.48 bits per heavy atom. The van der Waals surface area contributed by atoms with E-state index in [1.165, 1.54) is 6.92 Å². The van der Waals surface area contributed by atoms with Crippen LogP contribution in [-0.2, 0) is 20.3 Å². The van der Waals surface area contributed by atoms with Crippen molar-refractivity contribution in [3.05, 3.63) is 60.2 Å². The molecule has 0 fully saturated rings. The molecule has 132 valence electrons. The predicted molar refractivity (Wildman–Crippen MR) is 104 cm³/mol. The molecule has 0 N–H and O–H groups in total. The molecular weight excluding hydrogens is 332 g/mol. The zero-order chi connectivity index (χ0) is 18.8. The first-order valence-corrected chi connectivity index (χ1v) is 9.47. The number of terminal acetylenes is 1. The lowest BCUT2D eigenvalue weighted by Gasteiger charge is -2.16. The second-order valence-corrected chi connectivity index (χ2v) is 6.90. The van der Waals surface area contributed by atoms with Crippen molar-refractivity contribution in [3.63, 3.8) is 0 Å². The standard InChI is InChI=1S/C21H24O3S/c1-6-8-9-10-18(7-2)16(3)21(15-24-17(4)22)19-11-13-20(14-12-19)25(5)23/h2,6,9-14,18H,1,8,15H2,3-5H3/b10-9-,21-16-. The Balaban J connectivity index is 3.29. The van der Waals surface area contributed by atoms with Crippen LogP contribution in [0.15, 0.2) is 59.5 Å². The first kappa shape index (κ1) is 20.7. The van der Waals surface area contributed by atoms with E-state index in [1.54, 1.807) is 12.3 Å². The van der Waals surface area contributed by atoms with E-state index in [-0.39, 0.29) is 18.5 Å². The monoisotopic (exact) mass is 356 g/mol. The van der Waals surface area contributed by atoms with Crippen molar-refractivity contribution in [2.45, 2.75) is 25.2 Å². The Morgan fingerprint density at radius 1 is 1.36 bits per heavy atom. The molecule has 0 heterocycles. The zero-order valence-corrected chi connectivity index (χ0v) is 15.8. The van der Waals surface area contributed by atoms with Crippen LogP contribution in [0, 0.1) is 18.3 Å². The molecule has 4 heteroatoms. The Bertz CT molecular complexity index is 733. The molecule has 0 aliphatic carbocycles. The molecule has 0 aromatic heterocycles. The number of benzene rings is 1. The quantitative estimate of drug-likeness (QED) is 0.399. The van der Waals surface area contributed by atoms with Crippen LogP contribution in [0.5, 0.6) is 0 Å². The number of rotatable bonds is 8. The van der Waals surface area contributed by atoms with Gasteiger partial charge in [0.05, 0.1) is 5.92 Å². The van der Waals surface area contributed by atoms with E-state index >= 15 is 0 Å². The van der Waals surface area contributed by atoms with Gasteiger partial charge >= 0.3 is 5.97 Å². The van der Waals surface area contributed by atoms with Gasteiger partial charge < -0.3 is 4.74 Å². The third-order valence-corrected chi connectivity index (χ3v) is 4.64. The van der Waals surface area contributed by atoms with Crippen LogP contribution in [0.2, 0.25) is 0 Å². The van der Waals surface area contributed by atoms with Crippen LogP contribution >= 0.6 is 0 Å². The molecule has 0 spiro atoms. The fraction of sp³-hybridized carbons (Fsp3) is 0.286. The highest BCUT2D eigenvalue weighted by atomic mass is 32.2. The summed E-state index contributed by atoms with van der Waals surface area (Å²) in [6.07, 6.45) is 13.8. The molecular formula is C21H24O3S. The summed E-state index contributed by atoms with van der Waals surface area (Å²) < 4.78 is 16.8. The average Bonchev–Trinajstić information content (AvgIpc) is 2.59. The van der Waals surface area contributed by atoms with Crippen molar-refractivity contribution < 1.29 is 13.7 Å². The third kappa shape index (κ3) is 6.56. The van der Waals surface area contributed by atoms with Crippen molar-refractivity contribution in [3.8, 4) is 12.3 Å². The second-order valence-electron chi connectivity index (χ2n) is 5.52. The summed E-state index contributed by atoms with van der Waals surface area (Å²) >= 11 is 0. The van der Waals surface area contributed by atoms with Gasteiger partial charge in [-0.25, -0.2) is 0 Å². The van der Waals surface area contributed by atoms with E-state index in [1.807, 2.05) is 43.3 Å². The lowest BCUT2D eigenvalue weighted by Crippen LogP contribution is -2.08. The number of carbonyl (C=O) groups is 1. The summed E-state index contributed by atoms with van der Waals surface area (Å²) in [4.78, 5) is 12.0. The number of hydrogen-bond acceptors (Lipinski definition) is 3. The summed E-state index contributed by atoms with van der Waals surface area (Å²) in [6, 6.07) is 7.37. The minimum atomic E-state index is -1.04. The van der Waals surface area contributed by atoms with E-state index in [4.69, 9.17) is 11.2 Å². The van der Waals surface area contributed by atoms with Crippen LogP contribution in [-0.4, -0.2) is 23.0 Å². The van der Waals surface area contributed by atoms with Gasteiger partial charge in [-0.15, -0.1) is 13.0 Å². The smallest absolute Gasteiger partial charge is 0.302 e. The number of hydrogen-bond donors (Lipinski definition) is 0. The van der Waals surface area contributed by atoms with Gasteiger partial charge in [0.2, 0.25) is 0 Å². The lowest BCUT2D eigenvalue weighted by atomic mass is 9.92. The Hall–Kier alpha value is -2.38. The van der Waals surface area contributed by atoms with E-state index in [0.29, 0.717) is 0 Å². The first-order valence-electron chi connectivity index (χ1n) is 7.91. The Morgan fingerprint density at radius 2 is 2.00 bits per heavy atom. The predicted octanol–water partition coefficient (Wildman–Crippen LogP) is 4.14. The summed E-state index contributed by atoms with van der Waals surface area (Å²) in [5.74, 6) is 2.21. The van der Waals surface area contributed by atoms with Gasteiger partial charge in [-0.1, -0.05) is 36.3 Å². The van der Waals surface area contributed by atoms with Crippen molar-refractivity contribution >= 4 is 22.3 Å². The molecule has 0 saturated heterocycles. The fourth-order valence-corrected chi connectivity index (χ4v) is 2.79. The highest BCUT2D eigenvalue weighted by molar-refractivity contribution is 7.84. The molecule has 1 aromatic rings. The maximum Gasteiger partial charge on any atom is 0.302 e. The average molecular weight is 356 g/mol. The summed E-state index contributed by atoms with van der Waals surface area (Å²) in [5, 5.41) is 0. The largest absolute Gasteiger partial charge is 0.461 e. The summed E-state index contributed by atoms with van der Waals surface area (Å²) in [5.41, 5.74) is 2.69. The van der Waals surface area contributed by atoms with Gasteiger partial charge in [0.25, 0.3) is 0 Å². The zero-order valence-electron chi connectivity index (χ0n) is 15.0. The molecule has 0 amide bonds. The first-order chi connectivity index (χ1) is 11.9. The van der Waals surface area contributed by atoms with Gasteiger partial charge in [0.15, 0.2) is 0 Å².